The summed E-state index contributed by atoms with van der Waals surface area (Å²) in [5, 5.41) is 4.74. The van der Waals surface area contributed by atoms with Crippen LogP contribution in [0.15, 0.2) is 30.5 Å². The highest BCUT2D eigenvalue weighted by Crippen LogP contribution is 2.22. The van der Waals surface area contributed by atoms with Gasteiger partial charge in [0, 0.05) is 43.7 Å². The van der Waals surface area contributed by atoms with Crippen molar-refractivity contribution < 1.29 is 4.74 Å². The van der Waals surface area contributed by atoms with Crippen molar-refractivity contribution in [1.82, 2.24) is 9.88 Å². The van der Waals surface area contributed by atoms with Crippen LogP contribution in [0.25, 0.3) is 10.9 Å². The molecule has 21 heavy (non-hydrogen) atoms. The smallest absolute Gasteiger partial charge is 0.0587 e. The minimum atomic E-state index is 0.769. The van der Waals surface area contributed by atoms with Gasteiger partial charge in [-0.3, -0.25) is 0 Å². The molecule has 2 aromatic rings. The van der Waals surface area contributed by atoms with E-state index in [0.717, 1.165) is 45.5 Å². The Morgan fingerprint density at radius 1 is 1.29 bits per heavy atom. The molecule has 0 radical (unpaired) electrons. The summed E-state index contributed by atoms with van der Waals surface area (Å²) in [6.45, 7) is 3.60. The second kappa shape index (κ2) is 8.51. The third-order valence-corrected chi connectivity index (χ3v) is 3.65. The van der Waals surface area contributed by atoms with Gasteiger partial charge >= 0.3 is 0 Å². The molecule has 1 heterocycles. The average molecular weight is 284 g/mol. The predicted molar refractivity (Wildman–Crippen MR) is 88.5 cm³/mol. The van der Waals surface area contributed by atoms with E-state index in [1.54, 1.807) is 7.11 Å². The summed E-state index contributed by atoms with van der Waals surface area (Å²) < 4.78 is 7.30. The Morgan fingerprint density at radius 2 is 2.14 bits per heavy atom. The zero-order valence-corrected chi connectivity index (χ0v) is 12.8. The number of methoxy groups -OCH3 is 1. The van der Waals surface area contributed by atoms with Gasteiger partial charge in [0.15, 0.2) is 0 Å². The van der Waals surface area contributed by atoms with Gasteiger partial charge in [-0.15, -0.1) is 12.3 Å². The second-order valence-electron chi connectivity index (χ2n) is 5.17. The van der Waals surface area contributed by atoms with Crippen LogP contribution in [0.3, 0.4) is 0 Å². The number of nitrogens with zero attached hydrogens (tertiary/aromatic N) is 1. The standard InChI is InChI=1S/C18H24N2O/c1-3-4-13-20-15-16(8-7-11-19-12-14-21-2)17-9-5-6-10-18(17)20/h1,5-6,9-10,15,19H,4,7-8,11-14H2,2H3. The molecular weight excluding hydrogens is 260 g/mol. The molecule has 0 unspecified atom stereocenters. The van der Waals surface area contributed by atoms with Gasteiger partial charge in [-0.1, -0.05) is 18.2 Å². The molecule has 0 aliphatic carbocycles. The molecule has 0 atom stereocenters. The molecule has 1 aromatic heterocycles. The molecule has 0 fully saturated rings. The lowest BCUT2D eigenvalue weighted by Gasteiger charge is -2.03. The highest BCUT2D eigenvalue weighted by Gasteiger charge is 2.07. The number of hydrogen-bond donors (Lipinski definition) is 1. The monoisotopic (exact) mass is 284 g/mol. The molecule has 0 aliphatic rings. The van der Waals surface area contributed by atoms with Crippen molar-refractivity contribution in [2.45, 2.75) is 25.8 Å². The van der Waals surface area contributed by atoms with E-state index in [2.05, 4.69) is 46.3 Å². The fourth-order valence-corrected chi connectivity index (χ4v) is 2.60. The first-order valence-corrected chi connectivity index (χ1v) is 7.56. The molecule has 0 bridgehead atoms. The van der Waals surface area contributed by atoms with Crippen molar-refractivity contribution in [3.63, 3.8) is 0 Å². The first-order valence-electron chi connectivity index (χ1n) is 7.56. The fraction of sp³-hybridized carbons (Fsp3) is 0.444. The van der Waals surface area contributed by atoms with E-state index in [0.29, 0.717) is 0 Å². The SMILES string of the molecule is C#CCCn1cc(CCCNCCOC)c2ccccc21. The number of fused-ring (bicyclic) bond motifs is 1. The van der Waals surface area contributed by atoms with Crippen LogP contribution in [-0.2, 0) is 17.7 Å². The van der Waals surface area contributed by atoms with Gasteiger partial charge in [-0.05, 0) is 31.0 Å². The van der Waals surface area contributed by atoms with Crippen molar-refractivity contribution >= 4 is 10.9 Å². The summed E-state index contributed by atoms with van der Waals surface area (Å²) in [6, 6.07) is 8.57. The van der Waals surface area contributed by atoms with Crippen LogP contribution in [0.2, 0.25) is 0 Å². The maximum Gasteiger partial charge on any atom is 0.0587 e. The Labute approximate surface area is 127 Å². The number of benzene rings is 1. The van der Waals surface area contributed by atoms with Crippen molar-refractivity contribution in [1.29, 1.82) is 0 Å². The van der Waals surface area contributed by atoms with Gasteiger partial charge in [-0.25, -0.2) is 0 Å². The first kappa shape index (κ1) is 15.6. The lowest BCUT2D eigenvalue weighted by atomic mass is 10.1. The molecule has 3 nitrogen and oxygen atoms in total. The fourth-order valence-electron chi connectivity index (χ4n) is 2.60. The van der Waals surface area contributed by atoms with E-state index in [-0.39, 0.29) is 0 Å². The van der Waals surface area contributed by atoms with E-state index in [9.17, 15) is 0 Å². The quantitative estimate of drug-likeness (QED) is 0.566. The molecule has 0 aliphatic heterocycles. The summed E-state index contributed by atoms with van der Waals surface area (Å²) in [4.78, 5) is 0. The first-order chi connectivity index (χ1) is 10.4. The maximum atomic E-state index is 5.38. The van der Waals surface area contributed by atoms with Crippen LogP contribution in [0.1, 0.15) is 18.4 Å². The van der Waals surface area contributed by atoms with E-state index >= 15 is 0 Å². The average Bonchev–Trinajstić information content (AvgIpc) is 2.87. The zero-order valence-electron chi connectivity index (χ0n) is 12.8. The Kier molecular flexibility index (Phi) is 6.33. The Morgan fingerprint density at radius 3 is 2.95 bits per heavy atom. The van der Waals surface area contributed by atoms with Gasteiger partial charge < -0.3 is 14.6 Å². The van der Waals surface area contributed by atoms with Crippen molar-refractivity contribution in [2.24, 2.45) is 0 Å². The van der Waals surface area contributed by atoms with Crippen molar-refractivity contribution in [3.05, 3.63) is 36.0 Å². The van der Waals surface area contributed by atoms with E-state index in [1.165, 1.54) is 16.5 Å². The summed E-state index contributed by atoms with van der Waals surface area (Å²) in [5.74, 6) is 2.72. The van der Waals surface area contributed by atoms with E-state index in [4.69, 9.17) is 11.2 Å². The highest BCUT2D eigenvalue weighted by atomic mass is 16.5. The number of aromatic nitrogens is 1. The number of nitrogens with one attached hydrogen (secondary N) is 1. The summed E-state index contributed by atoms with van der Waals surface area (Å²) in [5.41, 5.74) is 2.70. The predicted octanol–water partition coefficient (Wildman–Crippen LogP) is 2.83. The molecule has 3 heteroatoms. The molecule has 112 valence electrons. The number of aryl methyl sites for hydroxylation is 2. The lowest BCUT2D eigenvalue weighted by molar-refractivity contribution is 0.199. The third kappa shape index (κ3) is 4.35. The number of para-hydroxylation sites is 1. The summed E-state index contributed by atoms with van der Waals surface area (Å²) in [6.07, 6.45) is 10.6. The van der Waals surface area contributed by atoms with Crippen LogP contribution in [0.4, 0.5) is 0 Å². The van der Waals surface area contributed by atoms with Crippen LogP contribution >= 0.6 is 0 Å². The maximum absolute atomic E-state index is 5.38. The molecule has 0 saturated carbocycles. The van der Waals surface area contributed by atoms with Crippen LogP contribution in [0.5, 0.6) is 0 Å². The van der Waals surface area contributed by atoms with Gasteiger partial charge in [0.25, 0.3) is 0 Å². The normalized spacial score (nSPS) is 10.9. The Hall–Kier alpha value is -1.76. The second-order valence-corrected chi connectivity index (χ2v) is 5.17. The third-order valence-electron chi connectivity index (χ3n) is 3.65. The summed E-state index contributed by atoms with van der Waals surface area (Å²) in [7, 11) is 1.73. The van der Waals surface area contributed by atoms with Crippen molar-refractivity contribution in [3.8, 4) is 12.3 Å². The molecule has 1 aromatic carbocycles. The molecule has 0 saturated heterocycles. The molecule has 0 amide bonds. The number of hydrogen-bond acceptors (Lipinski definition) is 2. The van der Waals surface area contributed by atoms with E-state index in [1.807, 2.05) is 0 Å². The van der Waals surface area contributed by atoms with Crippen LogP contribution in [-0.4, -0.2) is 31.4 Å². The minimum Gasteiger partial charge on any atom is -0.383 e. The molecule has 1 N–H and O–H groups in total. The largest absolute Gasteiger partial charge is 0.383 e. The highest BCUT2D eigenvalue weighted by molar-refractivity contribution is 5.84. The molecule has 2 rings (SSSR count). The van der Waals surface area contributed by atoms with Gasteiger partial charge in [0.05, 0.1) is 6.61 Å². The topological polar surface area (TPSA) is 26.2 Å². The zero-order chi connectivity index (χ0) is 14.9. The van der Waals surface area contributed by atoms with Gasteiger partial charge in [-0.2, -0.15) is 0 Å². The van der Waals surface area contributed by atoms with E-state index < -0.39 is 0 Å². The van der Waals surface area contributed by atoms with Gasteiger partial charge in [0.2, 0.25) is 0 Å². The summed E-state index contributed by atoms with van der Waals surface area (Å²) >= 11 is 0. The lowest BCUT2D eigenvalue weighted by Crippen LogP contribution is -2.20. The number of rotatable bonds is 9. The van der Waals surface area contributed by atoms with Crippen LogP contribution in [0, 0.1) is 12.3 Å². The molecule has 0 spiro atoms. The van der Waals surface area contributed by atoms with Gasteiger partial charge in [0.1, 0.15) is 0 Å². The Bertz CT molecular complexity index is 595. The molecular formula is C18H24N2O. The van der Waals surface area contributed by atoms with Crippen LogP contribution < -0.4 is 5.32 Å². The minimum absolute atomic E-state index is 0.769. The number of ether oxygens (including phenoxy) is 1. The van der Waals surface area contributed by atoms with Crippen molar-refractivity contribution in [2.75, 3.05) is 26.8 Å². The Balaban J connectivity index is 1.97. The number of terminal acetylenes is 1.